The lowest BCUT2D eigenvalue weighted by molar-refractivity contribution is -0.696. The van der Waals surface area contributed by atoms with Gasteiger partial charge in [-0.2, -0.15) is 0 Å². The van der Waals surface area contributed by atoms with Crippen molar-refractivity contribution >= 4 is 97.0 Å². The largest absolute Gasteiger partial charge is 0.307 e. The summed E-state index contributed by atoms with van der Waals surface area (Å²) in [5, 5.41) is 48.9. The van der Waals surface area contributed by atoms with Crippen LogP contribution in [-0.2, 0) is 45.8 Å². The molecule has 13 aromatic rings. The highest BCUT2D eigenvalue weighted by molar-refractivity contribution is 6.39. The van der Waals surface area contributed by atoms with Crippen molar-refractivity contribution in [2.75, 3.05) is 6.54 Å². The first-order chi connectivity index (χ1) is 38.6. The Morgan fingerprint density at radius 1 is 0.500 bits per heavy atom. The molecule has 0 fully saturated rings. The topological polar surface area (TPSA) is 93.2 Å². The molecule has 78 heavy (non-hydrogen) atoms. The Bertz CT molecular complexity index is 4750. The minimum Gasteiger partial charge on any atom is -0.307 e. The number of aryl methyl sites for hydroxylation is 4. The molecule has 4 heterocycles. The second-order valence-electron chi connectivity index (χ2n) is 22.1. The number of benzene rings is 9. The molecule has 0 amide bonds. The molecule has 2 N–H and O–H groups in total. The van der Waals surface area contributed by atoms with Crippen LogP contribution in [0.2, 0.25) is 0 Å². The summed E-state index contributed by atoms with van der Waals surface area (Å²) < 4.78 is 8.56. The molecule has 4 aliphatic carbocycles. The van der Waals surface area contributed by atoms with Crippen LogP contribution in [0, 0.1) is 17.8 Å². The summed E-state index contributed by atoms with van der Waals surface area (Å²) in [4.78, 5) is 0. The molecule has 17 rings (SSSR count). The first-order valence-corrected chi connectivity index (χ1v) is 27.5. The highest BCUT2D eigenvalue weighted by Crippen LogP contribution is 2.50. The number of aromatic nitrogens is 8. The fourth-order valence-electron chi connectivity index (χ4n) is 14.1. The molecule has 0 bridgehead atoms. The third-order valence-electron chi connectivity index (χ3n) is 17.6. The third kappa shape index (κ3) is 6.90. The van der Waals surface area contributed by atoms with Crippen molar-refractivity contribution in [1.82, 2.24) is 40.6 Å². The van der Waals surface area contributed by atoms with Crippen molar-refractivity contribution in [3.8, 4) is 0 Å². The van der Waals surface area contributed by atoms with Crippen LogP contribution < -0.4 is 19.8 Å². The van der Waals surface area contributed by atoms with Gasteiger partial charge in [-0.25, -0.2) is 18.5 Å². The van der Waals surface area contributed by atoms with Crippen molar-refractivity contribution in [1.29, 1.82) is 0 Å². The molecule has 3 unspecified atom stereocenters. The van der Waals surface area contributed by atoms with E-state index in [2.05, 4.69) is 235 Å². The molecule has 10 heteroatoms. The highest BCUT2D eigenvalue weighted by Gasteiger charge is 2.40. The van der Waals surface area contributed by atoms with Crippen LogP contribution in [0.5, 0.6) is 0 Å². The van der Waals surface area contributed by atoms with Gasteiger partial charge in [-0.15, -0.1) is 15.9 Å². The fraction of sp³-hybridized carbons (Fsp3) is 0.162. The Hall–Kier alpha value is -9.18. The number of pyridine rings is 2. The summed E-state index contributed by atoms with van der Waals surface area (Å²) in [6, 6.07) is 38.7. The molecule has 10 nitrogen and oxygen atoms in total. The summed E-state index contributed by atoms with van der Waals surface area (Å²) in [6.07, 6.45) is 31.6. The average molecular weight is 1010 g/mol. The fourth-order valence-corrected chi connectivity index (χ4v) is 14.1. The van der Waals surface area contributed by atoms with E-state index in [-0.39, 0.29) is 0 Å². The maximum atomic E-state index is 4.55. The average Bonchev–Trinajstić information content (AvgIpc) is 4.21. The van der Waals surface area contributed by atoms with Crippen LogP contribution in [-0.4, -0.2) is 36.5 Å². The van der Waals surface area contributed by atoms with Gasteiger partial charge in [0.2, 0.25) is 0 Å². The predicted octanol–water partition coefficient (Wildman–Crippen LogP) is 11.8. The SMILES string of the molecule is C1=CC(CNCc2cn(CC[n+]3cc4ccc5c6ccc7c[n+](CCn8cc(CNCc9ccc%10ccc%11cccc%12ccc9c%10c%11%12)nn8)cc8ccc(c9ccc(c3)c4c59)c6c78)nn2)=C2C=CC3=CC=CC4C=CC=1C2C34. The van der Waals surface area contributed by atoms with Gasteiger partial charge < -0.3 is 10.6 Å². The molecule has 4 aromatic heterocycles. The van der Waals surface area contributed by atoms with Gasteiger partial charge in [0.1, 0.15) is 13.1 Å². The molecule has 0 saturated carbocycles. The van der Waals surface area contributed by atoms with E-state index in [1.54, 1.807) is 0 Å². The second kappa shape index (κ2) is 17.2. The Labute approximate surface area is 448 Å². The Balaban J connectivity index is 0.572. The number of rotatable bonds is 14. The maximum Gasteiger partial charge on any atom is 0.176 e. The van der Waals surface area contributed by atoms with Gasteiger partial charge >= 0.3 is 0 Å². The van der Waals surface area contributed by atoms with E-state index in [9.17, 15) is 0 Å². The van der Waals surface area contributed by atoms with E-state index in [1.165, 1.54) is 125 Å². The monoisotopic (exact) mass is 1010 g/mol. The lowest BCUT2D eigenvalue weighted by Crippen LogP contribution is -2.35. The quantitative estimate of drug-likeness (QED) is 0.0488. The molecular formula is C68H52N10+2. The zero-order valence-corrected chi connectivity index (χ0v) is 42.9. The standard InChI is InChI=1S/C68H52N10/c1-3-41-7-9-45-11-13-47(55-21-15-43(5-1)61(41)65(45)55)31-69-33-53-39-77(73-71-53)29-27-75-35-49-17-23-57-59-25-19-51-37-76(38-52-20-26-60(68(59)64(51)52)58-24-18-50(36-75)63(49)67(57)58)28-30-78-40-54(72-74-78)34-70-32-48-14-12-46-10-8-42-4-2-6-44-16-22-56(48)66(46)62(42)44/h1-11,13-26,35-40,42,62,66,69-70H,27-34H2/q+2. The predicted molar refractivity (Wildman–Crippen MR) is 311 cm³/mol. The van der Waals surface area contributed by atoms with E-state index in [4.69, 9.17) is 0 Å². The lowest BCUT2D eigenvalue weighted by atomic mass is 9.61. The van der Waals surface area contributed by atoms with Crippen LogP contribution in [0.15, 0.2) is 217 Å². The van der Waals surface area contributed by atoms with Crippen molar-refractivity contribution < 1.29 is 9.13 Å². The van der Waals surface area contributed by atoms with Crippen LogP contribution in [0.1, 0.15) is 17.0 Å². The van der Waals surface area contributed by atoms with Gasteiger partial charge in [-0.1, -0.05) is 132 Å². The smallest absolute Gasteiger partial charge is 0.176 e. The number of nitrogens with zero attached hydrogens (tertiary/aromatic N) is 8. The first-order valence-electron chi connectivity index (χ1n) is 27.5. The molecule has 0 spiro atoms. The number of hydrogen-bond donors (Lipinski definition) is 2. The summed E-state index contributed by atoms with van der Waals surface area (Å²) in [5.74, 6) is 1.31. The lowest BCUT2D eigenvalue weighted by Gasteiger charge is -2.42. The summed E-state index contributed by atoms with van der Waals surface area (Å²) in [6.45, 7) is 5.84. The number of hydrogen-bond acceptors (Lipinski definition) is 6. The Morgan fingerprint density at radius 3 is 1.67 bits per heavy atom. The zero-order chi connectivity index (χ0) is 51.0. The van der Waals surface area contributed by atoms with Crippen LogP contribution >= 0.6 is 0 Å². The molecule has 9 aromatic carbocycles. The van der Waals surface area contributed by atoms with Gasteiger partial charge in [-0.3, -0.25) is 0 Å². The maximum absolute atomic E-state index is 4.55. The van der Waals surface area contributed by atoms with Crippen LogP contribution in [0.3, 0.4) is 0 Å². The van der Waals surface area contributed by atoms with E-state index >= 15 is 0 Å². The van der Waals surface area contributed by atoms with Gasteiger partial charge in [0.25, 0.3) is 0 Å². The molecule has 4 aliphatic rings. The minimum atomic E-state index is 0.379. The molecular weight excluding hydrogens is 957 g/mol. The summed E-state index contributed by atoms with van der Waals surface area (Å²) in [7, 11) is 0. The number of allylic oxidation sites excluding steroid dienone is 9. The normalized spacial score (nSPS) is 17.8. The van der Waals surface area contributed by atoms with Crippen molar-refractivity contribution in [2.24, 2.45) is 17.8 Å². The molecule has 372 valence electrons. The van der Waals surface area contributed by atoms with Crippen molar-refractivity contribution in [3.63, 3.8) is 0 Å². The summed E-state index contributed by atoms with van der Waals surface area (Å²) >= 11 is 0. The van der Waals surface area contributed by atoms with E-state index in [0.717, 1.165) is 50.7 Å². The van der Waals surface area contributed by atoms with Gasteiger partial charge in [0, 0.05) is 81.8 Å². The second-order valence-corrected chi connectivity index (χ2v) is 22.1. The van der Waals surface area contributed by atoms with Crippen molar-refractivity contribution in [3.05, 3.63) is 234 Å². The van der Waals surface area contributed by atoms with E-state index in [0.29, 0.717) is 30.8 Å². The number of fused-ring (bicyclic) bond motifs is 2. The zero-order valence-electron chi connectivity index (χ0n) is 42.9. The van der Waals surface area contributed by atoms with Crippen LogP contribution in [0.25, 0.3) is 97.0 Å². The Morgan fingerprint density at radius 2 is 1.04 bits per heavy atom. The van der Waals surface area contributed by atoms with E-state index < -0.39 is 0 Å². The summed E-state index contributed by atoms with van der Waals surface area (Å²) in [5.41, 5.74) is 12.3. The highest BCUT2D eigenvalue weighted by atomic mass is 15.4. The third-order valence-corrected chi connectivity index (χ3v) is 17.6. The minimum absolute atomic E-state index is 0.379. The van der Waals surface area contributed by atoms with Gasteiger partial charge in [0.15, 0.2) is 37.9 Å². The molecule has 0 aliphatic heterocycles. The first kappa shape index (κ1) is 44.0. The van der Waals surface area contributed by atoms with E-state index in [1.807, 2.05) is 9.36 Å². The molecule has 0 radical (unpaired) electrons. The number of nitrogens with one attached hydrogen (secondary N) is 2. The van der Waals surface area contributed by atoms with Gasteiger partial charge in [0.05, 0.1) is 23.8 Å². The van der Waals surface area contributed by atoms with Gasteiger partial charge in [-0.05, 0) is 117 Å². The van der Waals surface area contributed by atoms with Crippen molar-refractivity contribution in [2.45, 2.75) is 45.8 Å². The molecule has 3 atom stereocenters. The Kier molecular flexibility index (Phi) is 9.68. The molecule has 0 saturated heterocycles. The van der Waals surface area contributed by atoms with Crippen LogP contribution in [0.4, 0.5) is 0 Å².